The maximum absolute atomic E-state index is 13.6. The van der Waals surface area contributed by atoms with Gasteiger partial charge in [0, 0.05) is 23.9 Å². The fourth-order valence-electron chi connectivity index (χ4n) is 5.72. The third kappa shape index (κ3) is 6.00. The largest absolute Gasteiger partial charge is 0.457 e. The minimum atomic E-state index is -1.27. The maximum Gasteiger partial charge on any atom is 0.309 e. The number of rotatable bonds is 3. The molecule has 1 aromatic carbocycles. The number of carbonyl (C=O) groups excluding carboxylic acids is 2. The zero-order chi connectivity index (χ0) is 27.7. The molecular formula is C31H41NO6. The number of cyclic esters (lactones) is 1. The molecule has 206 valence electrons. The highest BCUT2D eigenvalue weighted by Gasteiger charge is 2.53. The Morgan fingerprint density at radius 3 is 2.68 bits per heavy atom. The number of esters is 1. The van der Waals surface area contributed by atoms with Crippen LogP contribution < -0.4 is 0 Å². The molecule has 7 heteroatoms. The summed E-state index contributed by atoms with van der Waals surface area (Å²) in [4.78, 5) is 31.2. The van der Waals surface area contributed by atoms with Gasteiger partial charge in [-0.2, -0.15) is 0 Å². The molecule has 0 radical (unpaired) electrons. The van der Waals surface area contributed by atoms with E-state index >= 15 is 0 Å². The first-order valence-corrected chi connectivity index (χ1v) is 13.7. The number of nitrogens with zero attached hydrogens (tertiary/aromatic N) is 1. The van der Waals surface area contributed by atoms with Crippen LogP contribution in [0.4, 0.5) is 0 Å². The van der Waals surface area contributed by atoms with Gasteiger partial charge < -0.3 is 19.7 Å². The number of hydrogen-bond donors (Lipinski definition) is 2. The number of pyridine rings is 1. The van der Waals surface area contributed by atoms with Crippen molar-refractivity contribution in [3.8, 4) is 0 Å². The number of ether oxygens (including phenoxy) is 2. The summed E-state index contributed by atoms with van der Waals surface area (Å²) in [7, 11) is 0. The Morgan fingerprint density at radius 1 is 1.18 bits per heavy atom. The lowest BCUT2D eigenvalue weighted by Crippen LogP contribution is -2.46. The number of aliphatic hydroxyl groups is 2. The smallest absolute Gasteiger partial charge is 0.309 e. The molecule has 38 heavy (non-hydrogen) atoms. The second-order valence-electron chi connectivity index (χ2n) is 11.9. The van der Waals surface area contributed by atoms with Gasteiger partial charge in [0.25, 0.3) is 0 Å². The maximum atomic E-state index is 13.6. The third-order valence-corrected chi connectivity index (χ3v) is 8.65. The fourth-order valence-corrected chi connectivity index (χ4v) is 5.72. The minimum absolute atomic E-state index is 0.0793. The molecule has 0 amide bonds. The topological polar surface area (TPSA) is 109 Å². The second kappa shape index (κ2) is 11.2. The highest BCUT2D eigenvalue weighted by Crippen LogP contribution is 2.46. The molecule has 1 aromatic heterocycles. The van der Waals surface area contributed by atoms with Crippen molar-refractivity contribution in [1.82, 2.24) is 4.98 Å². The van der Waals surface area contributed by atoms with Crippen molar-refractivity contribution in [3.05, 3.63) is 54.7 Å². The van der Waals surface area contributed by atoms with Gasteiger partial charge in [-0.05, 0) is 49.8 Å². The number of Topliss-reactive ketones (excluding diaryl/α,β-unsaturated/α-hetero) is 1. The van der Waals surface area contributed by atoms with Crippen molar-refractivity contribution in [3.63, 3.8) is 0 Å². The van der Waals surface area contributed by atoms with E-state index in [-0.39, 0.29) is 29.8 Å². The van der Waals surface area contributed by atoms with E-state index in [1.54, 1.807) is 26.1 Å². The van der Waals surface area contributed by atoms with E-state index in [1.807, 2.05) is 37.3 Å². The van der Waals surface area contributed by atoms with Crippen LogP contribution in [0.25, 0.3) is 10.9 Å². The lowest BCUT2D eigenvalue weighted by molar-refractivity contribution is -0.156. The van der Waals surface area contributed by atoms with Gasteiger partial charge in [0.2, 0.25) is 0 Å². The summed E-state index contributed by atoms with van der Waals surface area (Å²) in [6.07, 6.45) is 3.37. The van der Waals surface area contributed by atoms with Crippen LogP contribution in [0, 0.1) is 17.3 Å². The summed E-state index contributed by atoms with van der Waals surface area (Å²) in [5.41, 5.74) is 0.0287. The number of aliphatic hydroxyl groups excluding tert-OH is 2. The Bertz CT molecular complexity index is 1180. The second-order valence-corrected chi connectivity index (χ2v) is 11.9. The number of ketones is 1. The Balaban J connectivity index is 1.63. The molecule has 2 saturated heterocycles. The van der Waals surface area contributed by atoms with E-state index in [2.05, 4.69) is 18.5 Å². The Labute approximate surface area is 225 Å². The van der Waals surface area contributed by atoms with Crippen LogP contribution in [0.5, 0.6) is 0 Å². The average Bonchev–Trinajstić information content (AvgIpc) is 3.53. The van der Waals surface area contributed by atoms with Crippen LogP contribution >= 0.6 is 0 Å². The summed E-state index contributed by atoms with van der Waals surface area (Å²) < 4.78 is 12.1. The summed E-state index contributed by atoms with van der Waals surface area (Å²) in [6, 6.07) is 9.68. The van der Waals surface area contributed by atoms with Gasteiger partial charge in [-0.1, -0.05) is 51.5 Å². The molecular weight excluding hydrogens is 482 g/mol. The number of allylic oxidation sites excluding steroid dienone is 1. The predicted molar refractivity (Wildman–Crippen MR) is 145 cm³/mol. The Kier molecular flexibility index (Phi) is 8.40. The molecule has 7 atom stereocenters. The third-order valence-electron chi connectivity index (χ3n) is 8.65. The number of carbonyl (C=O) groups is 2. The summed E-state index contributed by atoms with van der Waals surface area (Å²) in [6.45, 7) is 11.0. The van der Waals surface area contributed by atoms with Crippen molar-refractivity contribution in [1.29, 1.82) is 0 Å². The molecule has 2 aliphatic rings. The van der Waals surface area contributed by atoms with Gasteiger partial charge in [0.05, 0.1) is 41.3 Å². The van der Waals surface area contributed by atoms with Gasteiger partial charge >= 0.3 is 5.97 Å². The molecule has 0 bridgehead atoms. The molecule has 2 N–H and O–H groups in total. The molecule has 0 spiro atoms. The van der Waals surface area contributed by atoms with E-state index in [9.17, 15) is 19.8 Å². The molecule has 0 saturated carbocycles. The number of hydrogen-bond acceptors (Lipinski definition) is 7. The van der Waals surface area contributed by atoms with Crippen LogP contribution in [-0.2, 0) is 19.1 Å². The van der Waals surface area contributed by atoms with Crippen LogP contribution in [0.3, 0.4) is 0 Å². The van der Waals surface area contributed by atoms with Gasteiger partial charge in [0.15, 0.2) is 0 Å². The number of aromatic nitrogens is 1. The van der Waals surface area contributed by atoms with Crippen molar-refractivity contribution < 1.29 is 29.3 Å². The van der Waals surface area contributed by atoms with E-state index in [1.165, 1.54) is 0 Å². The summed E-state index contributed by atoms with van der Waals surface area (Å²) in [5.74, 6) is -1.70. The molecule has 4 rings (SSSR count). The number of benzene rings is 1. The van der Waals surface area contributed by atoms with Gasteiger partial charge in [0.1, 0.15) is 11.9 Å². The van der Waals surface area contributed by atoms with Crippen molar-refractivity contribution in [2.45, 2.75) is 96.2 Å². The van der Waals surface area contributed by atoms with E-state index < -0.39 is 35.6 Å². The quantitative estimate of drug-likeness (QED) is 0.328. The average molecular weight is 524 g/mol. The highest BCUT2D eigenvalue weighted by molar-refractivity contribution is 5.88. The summed E-state index contributed by atoms with van der Waals surface area (Å²) in [5, 5.41) is 23.2. The lowest BCUT2D eigenvalue weighted by atomic mass is 9.71. The zero-order valence-corrected chi connectivity index (χ0v) is 22.9. The molecule has 3 heterocycles. The van der Waals surface area contributed by atoms with Gasteiger partial charge in [-0.3, -0.25) is 14.6 Å². The molecule has 2 aliphatic heterocycles. The van der Waals surface area contributed by atoms with Gasteiger partial charge in [-0.15, -0.1) is 6.58 Å². The first-order valence-electron chi connectivity index (χ1n) is 13.7. The van der Waals surface area contributed by atoms with Crippen molar-refractivity contribution >= 4 is 22.7 Å². The molecule has 0 aliphatic carbocycles. The lowest BCUT2D eigenvalue weighted by Gasteiger charge is -2.35. The predicted octanol–water partition coefficient (Wildman–Crippen LogP) is 5.09. The molecule has 2 aromatic rings. The van der Waals surface area contributed by atoms with Gasteiger partial charge in [-0.25, -0.2) is 0 Å². The monoisotopic (exact) mass is 523 g/mol. The fraction of sp³-hybridized carbons (Fsp3) is 0.581. The number of fused-ring (bicyclic) bond motifs is 2. The Morgan fingerprint density at radius 2 is 1.95 bits per heavy atom. The van der Waals surface area contributed by atoms with Crippen molar-refractivity contribution in [2.75, 3.05) is 0 Å². The Hall–Kier alpha value is -2.61. The van der Waals surface area contributed by atoms with Crippen molar-refractivity contribution in [2.24, 2.45) is 17.3 Å². The van der Waals surface area contributed by atoms with Crippen LogP contribution in [0.15, 0.2) is 49.2 Å². The molecule has 7 nitrogen and oxygen atoms in total. The van der Waals surface area contributed by atoms with Crippen LogP contribution in [0.1, 0.15) is 77.9 Å². The molecule has 2 fully saturated rings. The normalized spacial score (nSPS) is 34.8. The SMILES string of the molecule is C=CC[C@H]1C(=O)C(C)(C)[C@@H](O)CC(=O)O[C@H](c2ccc3cccnc3c2)C[C@@H]2O[C@]2(C)CCC[C@@H](C)[C@H]1O. The number of epoxide rings is 1. The van der Waals surface area contributed by atoms with E-state index in [0.717, 1.165) is 35.7 Å². The first-order chi connectivity index (χ1) is 18.0. The van der Waals surface area contributed by atoms with Crippen LogP contribution in [-0.4, -0.2) is 50.9 Å². The molecule has 0 unspecified atom stereocenters. The van der Waals surface area contributed by atoms with Crippen LogP contribution in [0.2, 0.25) is 0 Å². The first kappa shape index (κ1) is 28.4. The highest BCUT2D eigenvalue weighted by atomic mass is 16.6. The minimum Gasteiger partial charge on any atom is -0.457 e. The van der Waals surface area contributed by atoms with E-state index in [4.69, 9.17) is 9.47 Å². The zero-order valence-electron chi connectivity index (χ0n) is 22.9. The summed E-state index contributed by atoms with van der Waals surface area (Å²) >= 11 is 0. The van der Waals surface area contributed by atoms with E-state index in [0.29, 0.717) is 12.8 Å². The standard InChI is InChI=1S/C31H41NO6/c1-6-9-22-28(35)19(2)10-7-14-31(5)26(38-31)17-24(21-13-12-20-11-8-15-32-23(20)16-21)37-27(34)18-25(33)30(3,4)29(22)36/h6,8,11-13,15-16,19,22,24-26,28,33,35H,1,7,9-10,14,17-18H2,2-5H3/t19-,22-,24+,25+,26+,28-,31-/m1/s1.